The smallest absolute Gasteiger partial charge is 0.337 e. The Hall–Kier alpha value is -3.86. The number of hydrogen-bond donors (Lipinski definition) is 2. The van der Waals surface area contributed by atoms with Crippen LogP contribution in [0.15, 0.2) is 57.1 Å². The molecule has 0 aliphatic heterocycles. The summed E-state index contributed by atoms with van der Waals surface area (Å²) < 4.78 is 38.9. The third-order valence-corrected chi connectivity index (χ3v) is 6.98. The summed E-state index contributed by atoms with van der Waals surface area (Å²) in [6.07, 6.45) is 1.58. The van der Waals surface area contributed by atoms with E-state index in [-0.39, 0.29) is 29.4 Å². The Morgan fingerprint density at radius 2 is 1.68 bits per heavy atom. The number of sulfone groups is 1. The van der Waals surface area contributed by atoms with Crippen molar-refractivity contribution >= 4 is 15.8 Å². The second-order valence-electron chi connectivity index (χ2n) is 7.24. The Morgan fingerprint density at radius 1 is 1.06 bits per heavy atom. The third kappa shape index (κ3) is 4.34. The number of benzene rings is 2. The molecule has 1 aromatic heterocycles. The number of aromatic carboxylic acids is 1. The number of ether oxygens (including phenoxy) is 2. The zero-order valence-corrected chi connectivity index (χ0v) is 19.6. The molecule has 3 aromatic rings. The second kappa shape index (κ2) is 9.96. The van der Waals surface area contributed by atoms with Gasteiger partial charge >= 0.3 is 5.97 Å². The lowest BCUT2D eigenvalue weighted by Gasteiger charge is -2.21. The molecular weight excluding hydrogens is 464 g/mol. The standard InChI is InChI=1S/C23H24N2O8S/c1-4-5-13-18-24-21(26)20(34(30,31)17-12-7-6-9-14(17)23(28)29)22(27)25(18)19-15(32-2)10-8-11-16(19)33-3/h6-12,27H,4-5,13H2,1-3H3,(H,28,29). The molecule has 0 fully saturated rings. The van der Waals surface area contributed by atoms with Crippen LogP contribution in [0.1, 0.15) is 35.9 Å². The van der Waals surface area contributed by atoms with Gasteiger partial charge in [0, 0.05) is 6.42 Å². The second-order valence-corrected chi connectivity index (χ2v) is 9.10. The van der Waals surface area contributed by atoms with E-state index in [0.717, 1.165) is 23.1 Å². The number of para-hydroxylation sites is 1. The van der Waals surface area contributed by atoms with Gasteiger partial charge in [-0.05, 0) is 30.7 Å². The van der Waals surface area contributed by atoms with E-state index < -0.39 is 42.6 Å². The number of unbranched alkanes of at least 4 members (excludes halogenated alkanes) is 1. The molecule has 0 radical (unpaired) electrons. The van der Waals surface area contributed by atoms with Crippen LogP contribution in [0.4, 0.5) is 0 Å². The minimum absolute atomic E-state index is 0.0950. The van der Waals surface area contributed by atoms with Gasteiger partial charge in [-0.2, -0.15) is 4.98 Å². The minimum atomic E-state index is -4.79. The Kier molecular flexibility index (Phi) is 7.26. The summed E-state index contributed by atoms with van der Waals surface area (Å²) in [6.45, 7) is 1.92. The molecule has 0 aliphatic carbocycles. The fourth-order valence-corrected chi connectivity index (χ4v) is 5.08. The van der Waals surface area contributed by atoms with Crippen molar-refractivity contribution in [3.8, 4) is 23.1 Å². The number of rotatable bonds is 9. The Morgan fingerprint density at radius 3 is 2.24 bits per heavy atom. The molecule has 1 heterocycles. The molecule has 0 aliphatic rings. The molecule has 0 bridgehead atoms. The van der Waals surface area contributed by atoms with Crippen LogP contribution in [0.3, 0.4) is 0 Å². The molecule has 0 unspecified atom stereocenters. The maximum atomic E-state index is 13.5. The topological polar surface area (TPSA) is 145 Å². The summed E-state index contributed by atoms with van der Waals surface area (Å²) >= 11 is 0. The average Bonchev–Trinajstić information content (AvgIpc) is 2.82. The van der Waals surface area contributed by atoms with Crippen LogP contribution in [0, 0.1) is 0 Å². The largest absolute Gasteiger partial charge is 0.494 e. The van der Waals surface area contributed by atoms with Gasteiger partial charge in [-0.15, -0.1) is 0 Å². The summed E-state index contributed by atoms with van der Waals surface area (Å²) in [4.78, 5) is 26.9. The SMILES string of the molecule is CCCCc1nc(=O)c(S(=O)(=O)c2ccccc2C(=O)O)c(O)n1-c1c(OC)cccc1OC. The van der Waals surface area contributed by atoms with E-state index in [2.05, 4.69) is 4.98 Å². The van der Waals surface area contributed by atoms with E-state index >= 15 is 0 Å². The van der Waals surface area contributed by atoms with Crippen molar-refractivity contribution in [3.63, 3.8) is 0 Å². The maximum absolute atomic E-state index is 13.5. The van der Waals surface area contributed by atoms with Gasteiger partial charge in [0.2, 0.25) is 15.7 Å². The van der Waals surface area contributed by atoms with Crippen molar-refractivity contribution in [1.82, 2.24) is 9.55 Å². The van der Waals surface area contributed by atoms with E-state index in [1.54, 1.807) is 18.2 Å². The van der Waals surface area contributed by atoms with Gasteiger partial charge in [-0.25, -0.2) is 13.2 Å². The summed E-state index contributed by atoms with van der Waals surface area (Å²) in [6, 6.07) is 9.61. The summed E-state index contributed by atoms with van der Waals surface area (Å²) in [5, 5.41) is 20.7. The highest BCUT2D eigenvalue weighted by atomic mass is 32.2. The lowest BCUT2D eigenvalue weighted by Crippen LogP contribution is -2.26. The van der Waals surface area contributed by atoms with E-state index in [1.165, 1.54) is 26.4 Å². The first-order valence-electron chi connectivity index (χ1n) is 10.3. The number of methoxy groups -OCH3 is 2. The van der Waals surface area contributed by atoms with E-state index in [4.69, 9.17) is 9.47 Å². The summed E-state index contributed by atoms with van der Waals surface area (Å²) in [5.41, 5.74) is -1.60. The third-order valence-electron chi connectivity index (χ3n) is 5.15. The van der Waals surface area contributed by atoms with Crippen LogP contribution < -0.4 is 15.0 Å². The summed E-state index contributed by atoms with van der Waals surface area (Å²) in [7, 11) is -2.02. The van der Waals surface area contributed by atoms with Crippen molar-refractivity contribution in [3.05, 3.63) is 64.2 Å². The van der Waals surface area contributed by atoms with E-state index in [1.807, 2.05) is 6.92 Å². The molecular formula is C23H24N2O8S. The average molecular weight is 489 g/mol. The van der Waals surface area contributed by atoms with Crippen LogP contribution in [-0.4, -0.2) is 48.4 Å². The van der Waals surface area contributed by atoms with Crippen LogP contribution in [0.25, 0.3) is 5.69 Å². The molecule has 0 amide bonds. The zero-order chi connectivity index (χ0) is 25.0. The first kappa shape index (κ1) is 24.8. The van der Waals surface area contributed by atoms with Crippen molar-refractivity contribution < 1.29 is 32.9 Å². The minimum Gasteiger partial charge on any atom is -0.494 e. The predicted octanol–water partition coefficient (Wildman–Crippen LogP) is 2.83. The maximum Gasteiger partial charge on any atom is 0.337 e. The molecule has 0 saturated heterocycles. The molecule has 0 saturated carbocycles. The number of hydrogen-bond acceptors (Lipinski definition) is 8. The van der Waals surface area contributed by atoms with Crippen molar-refractivity contribution in [2.75, 3.05) is 14.2 Å². The van der Waals surface area contributed by atoms with Gasteiger partial charge < -0.3 is 19.7 Å². The van der Waals surface area contributed by atoms with Crippen LogP contribution in [0.5, 0.6) is 17.4 Å². The monoisotopic (exact) mass is 488 g/mol. The van der Waals surface area contributed by atoms with Crippen LogP contribution >= 0.6 is 0 Å². The van der Waals surface area contributed by atoms with Gasteiger partial charge in [0.15, 0.2) is 4.90 Å². The quantitative estimate of drug-likeness (QED) is 0.464. The Balaban J connectivity index is 2.45. The van der Waals surface area contributed by atoms with Crippen molar-refractivity contribution in [1.29, 1.82) is 0 Å². The van der Waals surface area contributed by atoms with Gasteiger partial charge in [-0.1, -0.05) is 31.5 Å². The van der Waals surface area contributed by atoms with Crippen molar-refractivity contribution in [2.45, 2.75) is 36.0 Å². The molecule has 0 spiro atoms. The lowest BCUT2D eigenvalue weighted by atomic mass is 10.2. The van der Waals surface area contributed by atoms with E-state index in [0.29, 0.717) is 6.42 Å². The zero-order valence-electron chi connectivity index (χ0n) is 18.8. The highest BCUT2D eigenvalue weighted by molar-refractivity contribution is 7.91. The molecule has 10 nitrogen and oxygen atoms in total. The highest BCUT2D eigenvalue weighted by Crippen LogP contribution is 2.38. The number of carboxylic acid groups (broad SMARTS) is 1. The number of nitrogens with zero attached hydrogens (tertiary/aromatic N) is 2. The number of aromatic nitrogens is 2. The molecule has 180 valence electrons. The first-order valence-corrected chi connectivity index (χ1v) is 11.8. The Labute approximate surface area is 196 Å². The molecule has 34 heavy (non-hydrogen) atoms. The number of carbonyl (C=O) groups is 1. The number of carboxylic acids is 1. The number of aromatic hydroxyl groups is 1. The van der Waals surface area contributed by atoms with Crippen molar-refractivity contribution in [2.24, 2.45) is 0 Å². The fourth-order valence-electron chi connectivity index (χ4n) is 3.55. The van der Waals surface area contributed by atoms with E-state index in [9.17, 15) is 28.2 Å². The molecule has 3 rings (SSSR count). The summed E-state index contributed by atoms with van der Waals surface area (Å²) in [5.74, 6) is -1.87. The normalized spacial score (nSPS) is 11.3. The highest BCUT2D eigenvalue weighted by Gasteiger charge is 2.34. The van der Waals surface area contributed by atoms with Gasteiger partial charge in [0.05, 0.1) is 24.7 Å². The van der Waals surface area contributed by atoms with Gasteiger partial charge in [0.25, 0.3) is 5.56 Å². The lowest BCUT2D eigenvalue weighted by molar-refractivity contribution is 0.0692. The Bertz CT molecular complexity index is 1370. The molecule has 11 heteroatoms. The van der Waals surface area contributed by atoms with Gasteiger partial charge in [0.1, 0.15) is 23.0 Å². The van der Waals surface area contributed by atoms with Crippen LogP contribution in [0.2, 0.25) is 0 Å². The predicted molar refractivity (Wildman–Crippen MR) is 122 cm³/mol. The number of aryl methyl sites for hydroxylation is 1. The molecule has 2 N–H and O–H groups in total. The molecule has 0 atom stereocenters. The first-order chi connectivity index (χ1) is 16.2. The van der Waals surface area contributed by atoms with Crippen LogP contribution in [-0.2, 0) is 16.3 Å². The molecule has 2 aromatic carbocycles. The van der Waals surface area contributed by atoms with Gasteiger partial charge in [-0.3, -0.25) is 9.36 Å². The fraction of sp³-hybridized carbons (Fsp3) is 0.261.